The summed E-state index contributed by atoms with van der Waals surface area (Å²) in [5.41, 5.74) is 3.97. The predicted octanol–water partition coefficient (Wildman–Crippen LogP) is 1.60. The SMILES string of the molecule is CCNCCCc1c(C)nn(CCN(C)C)c1C. The number of likely N-dealkylation sites (N-methyl/N-ethyl adjacent to an activating group) is 1. The van der Waals surface area contributed by atoms with Crippen LogP contribution in [0.3, 0.4) is 0 Å². The Kier molecular flexibility index (Phi) is 6.36. The maximum absolute atomic E-state index is 4.65. The number of hydrogen-bond acceptors (Lipinski definition) is 3. The number of nitrogens with one attached hydrogen (secondary N) is 1. The highest BCUT2D eigenvalue weighted by atomic mass is 15.3. The molecule has 1 heterocycles. The number of aromatic nitrogens is 2. The van der Waals surface area contributed by atoms with E-state index < -0.39 is 0 Å². The van der Waals surface area contributed by atoms with Crippen LogP contribution < -0.4 is 5.32 Å². The summed E-state index contributed by atoms with van der Waals surface area (Å²) in [5, 5.41) is 8.02. The molecule has 0 radical (unpaired) electrons. The Bertz CT molecular complexity index is 355. The minimum atomic E-state index is 0.979. The van der Waals surface area contributed by atoms with Crippen molar-refractivity contribution < 1.29 is 0 Å². The van der Waals surface area contributed by atoms with E-state index in [0.717, 1.165) is 32.6 Å². The van der Waals surface area contributed by atoms with E-state index in [1.807, 2.05) is 0 Å². The van der Waals surface area contributed by atoms with Gasteiger partial charge in [0.25, 0.3) is 0 Å². The molecule has 4 nitrogen and oxygen atoms in total. The molecule has 1 rings (SSSR count). The van der Waals surface area contributed by atoms with Crippen molar-refractivity contribution in [2.24, 2.45) is 0 Å². The topological polar surface area (TPSA) is 33.1 Å². The highest BCUT2D eigenvalue weighted by Crippen LogP contribution is 2.14. The fraction of sp³-hybridized carbons (Fsp3) is 0.786. The zero-order chi connectivity index (χ0) is 13.5. The molecule has 0 aliphatic carbocycles. The van der Waals surface area contributed by atoms with Crippen LogP contribution in [0, 0.1) is 13.8 Å². The minimum Gasteiger partial charge on any atom is -0.317 e. The van der Waals surface area contributed by atoms with Crippen molar-refractivity contribution in [2.75, 3.05) is 33.7 Å². The Balaban J connectivity index is 2.57. The molecule has 104 valence electrons. The molecule has 0 saturated heterocycles. The summed E-state index contributed by atoms with van der Waals surface area (Å²) >= 11 is 0. The van der Waals surface area contributed by atoms with E-state index in [-0.39, 0.29) is 0 Å². The van der Waals surface area contributed by atoms with E-state index in [9.17, 15) is 0 Å². The number of rotatable bonds is 8. The molecule has 0 bridgehead atoms. The number of aryl methyl sites for hydroxylation is 1. The van der Waals surface area contributed by atoms with Crippen LogP contribution in [0.1, 0.15) is 30.3 Å². The van der Waals surface area contributed by atoms with Gasteiger partial charge >= 0.3 is 0 Å². The summed E-state index contributed by atoms with van der Waals surface area (Å²) in [6, 6.07) is 0. The lowest BCUT2D eigenvalue weighted by Gasteiger charge is -2.10. The van der Waals surface area contributed by atoms with Gasteiger partial charge in [0.1, 0.15) is 0 Å². The zero-order valence-electron chi connectivity index (χ0n) is 12.6. The van der Waals surface area contributed by atoms with E-state index in [1.54, 1.807) is 0 Å². The van der Waals surface area contributed by atoms with E-state index in [1.165, 1.54) is 23.4 Å². The van der Waals surface area contributed by atoms with Crippen molar-refractivity contribution in [3.63, 3.8) is 0 Å². The maximum atomic E-state index is 4.65. The Morgan fingerprint density at radius 3 is 2.61 bits per heavy atom. The fourth-order valence-electron chi connectivity index (χ4n) is 2.18. The molecule has 0 atom stereocenters. The molecular formula is C14H28N4. The molecule has 0 aliphatic rings. The molecule has 0 aliphatic heterocycles. The van der Waals surface area contributed by atoms with Crippen LogP contribution in [0.15, 0.2) is 0 Å². The molecular weight excluding hydrogens is 224 g/mol. The van der Waals surface area contributed by atoms with Crippen LogP contribution in [0.4, 0.5) is 0 Å². The summed E-state index contributed by atoms with van der Waals surface area (Å²) in [6.45, 7) is 10.6. The average Bonchev–Trinajstić information content (AvgIpc) is 2.58. The molecule has 0 aromatic carbocycles. The van der Waals surface area contributed by atoms with Crippen LogP contribution in [-0.4, -0.2) is 48.4 Å². The van der Waals surface area contributed by atoms with Crippen molar-refractivity contribution in [1.82, 2.24) is 20.0 Å². The van der Waals surface area contributed by atoms with Crippen LogP contribution in [-0.2, 0) is 13.0 Å². The summed E-state index contributed by atoms with van der Waals surface area (Å²) in [5.74, 6) is 0. The summed E-state index contributed by atoms with van der Waals surface area (Å²) in [7, 11) is 4.20. The normalized spacial score (nSPS) is 11.4. The third kappa shape index (κ3) is 4.42. The van der Waals surface area contributed by atoms with Gasteiger partial charge in [-0.3, -0.25) is 4.68 Å². The van der Waals surface area contributed by atoms with E-state index in [2.05, 4.69) is 54.9 Å². The molecule has 0 spiro atoms. The van der Waals surface area contributed by atoms with E-state index >= 15 is 0 Å². The predicted molar refractivity (Wildman–Crippen MR) is 77.1 cm³/mol. The number of nitrogens with zero attached hydrogens (tertiary/aromatic N) is 3. The van der Waals surface area contributed by atoms with Gasteiger partial charge in [-0.25, -0.2) is 0 Å². The molecule has 4 heteroatoms. The van der Waals surface area contributed by atoms with Gasteiger partial charge in [0.2, 0.25) is 0 Å². The molecule has 1 aromatic rings. The van der Waals surface area contributed by atoms with Crippen molar-refractivity contribution in [3.05, 3.63) is 17.0 Å². The van der Waals surface area contributed by atoms with Crippen molar-refractivity contribution in [2.45, 2.75) is 40.2 Å². The quantitative estimate of drug-likeness (QED) is 0.714. The highest BCUT2D eigenvalue weighted by Gasteiger charge is 2.10. The fourth-order valence-corrected chi connectivity index (χ4v) is 2.18. The standard InChI is InChI=1S/C14H28N4/c1-6-15-9-7-8-14-12(2)16-18(13(14)3)11-10-17(4)5/h15H,6-11H2,1-5H3. The van der Waals surface area contributed by atoms with Gasteiger partial charge in [0, 0.05) is 12.2 Å². The lowest BCUT2D eigenvalue weighted by Crippen LogP contribution is -2.19. The first kappa shape index (κ1) is 15.2. The third-order valence-electron chi connectivity index (χ3n) is 3.32. The third-order valence-corrected chi connectivity index (χ3v) is 3.32. The lowest BCUT2D eigenvalue weighted by atomic mass is 10.1. The monoisotopic (exact) mass is 252 g/mol. The summed E-state index contributed by atoms with van der Waals surface area (Å²) in [4.78, 5) is 2.20. The van der Waals surface area contributed by atoms with E-state index in [0.29, 0.717) is 0 Å². The van der Waals surface area contributed by atoms with E-state index in [4.69, 9.17) is 0 Å². The largest absolute Gasteiger partial charge is 0.317 e. The van der Waals surface area contributed by atoms with Crippen molar-refractivity contribution in [1.29, 1.82) is 0 Å². The van der Waals surface area contributed by atoms with Crippen LogP contribution in [0.2, 0.25) is 0 Å². The molecule has 0 amide bonds. The molecule has 0 fully saturated rings. The van der Waals surface area contributed by atoms with Gasteiger partial charge in [0.15, 0.2) is 0 Å². The molecule has 1 N–H and O–H groups in total. The zero-order valence-corrected chi connectivity index (χ0v) is 12.6. The lowest BCUT2D eigenvalue weighted by molar-refractivity contribution is 0.370. The van der Waals surface area contributed by atoms with Crippen LogP contribution in [0.5, 0.6) is 0 Å². The summed E-state index contributed by atoms with van der Waals surface area (Å²) in [6.07, 6.45) is 2.32. The summed E-state index contributed by atoms with van der Waals surface area (Å²) < 4.78 is 2.15. The molecule has 0 unspecified atom stereocenters. The second-order valence-corrected chi connectivity index (χ2v) is 5.13. The smallest absolute Gasteiger partial charge is 0.0628 e. The Morgan fingerprint density at radius 1 is 1.28 bits per heavy atom. The number of hydrogen-bond donors (Lipinski definition) is 1. The van der Waals surface area contributed by atoms with Gasteiger partial charge in [0.05, 0.1) is 12.2 Å². The first-order valence-electron chi connectivity index (χ1n) is 6.94. The minimum absolute atomic E-state index is 0.979. The Hall–Kier alpha value is -0.870. The molecule has 18 heavy (non-hydrogen) atoms. The van der Waals surface area contributed by atoms with Crippen molar-refractivity contribution in [3.8, 4) is 0 Å². The van der Waals surface area contributed by atoms with Gasteiger partial charge < -0.3 is 10.2 Å². The first-order valence-corrected chi connectivity index (χ1v) is 6.94. The maximum Gasteiger partial charge on any atom is 0.0628 e. The van der Waals surface area contributed by atoms with Gasteiger partial charge in [-0.05, 0) is 59.4 Å². The second kappa shape index (κ2) is 7.54. The average molecular weight is 252 g/mol. The van der Waals surface area contributed by atoms with Crippen LogP contribution in [0.25, 0.3) is 0 Å². The first-order chi connectivity index (χ1) is 8.56. The highest BCUT2D eigenvalue weighted by molar-refractivity contribution is 5.24. The Morgan fingerprint density at radius 2 is 2.00 bits per heavy atom. The van der Waals surface area contributed by atoms with Crippen LogP contribution >= 0.6 is 0 Å². The Labute approximate surface area is 111 Å². The van der Waals surface area contributed by atoms with Gasteiger partial charge in [-0.1, -0.05) is 6.92 Å². The van der Waals surface area contributed by atoms with Gasteiger partial charge in [-0.2, -0.15) is 5.10 Å². The van der Waals surface area contributed by atoms with Crippen molar-refractivity contribution >= 4 is 0 Å². The van der Waals surface area contributed by atoms with Gasteiger partial charge in [-0.15, -0.1) is 0 Å². The molecule has 0 saturated carbocycles. The second-order valence-electron chi connectivity index (χ2n) is 5.13. The molecule has 1 aromatic heterocycles.